The molecule has 290 valence electrons. The zero-order chi connectivity index (χ0) is 41.0. The van der Waals surface area contributed by atoms with Crippen LogP contribution >= 0.6 is 0 Å². The van der Waals surface area contributed by atoms with Crippen molar-refractivity contribution in [1.29, 1.82) is 0 Å². The molecule has 0 atom stereocenters. The quantitative estimate of drug-likeness (QED) is 0.146. The lowest BCUT2D eigenvalue weighted by Crippen LogP contribution is -2.09. The minimum atomic E-state index is 1.09. The summed E-state index contributed by atoms with van der Waals surface area (Å²) in [6.45, 7) is 0. The minimum Gasteiger partial charge on any atom is -0.311 e. The second-order valence-electron chi connectivity index (χ2n) is 16.1. The van der Waals surface area contributed by atoms with E-state index in [-0.39, 0.29) is 0 Å². The zero-order valence-corrected chi connectivity index (χ0v) is 34.0. The van der Waals surface area contributed by atoms with Crippen molar-refractivity contribution in [2.75, 3.05) is 4.90 Å². The fraction of sp³-hybridized carbons (Fsp3) is 0. The van der Waals surface area contributed by atoms with E-state index in [0.29, 0.717) is 0 Å². The second kappa shape index (κ2) is 14.8. The van der Waals surface area contributed by atoms with Crippen LogP contribution < -0.4 is 4.90 Å². The van der Waals surface area contributed by atoms with Crippen LogP contribution in [-0.2, 0) is 0 Å². The molecular weight excluding hydrogens is 749 g/mol. The van der Waals surface area contributed by atoms with Gasteiger partial charge in [0.15, 0.2) is 0 Å². The highest BCUT2D eigenvalue weighted by Crippen LogP contribution is 2.41. The van der Waals surface area contributed by atoms with Crippen molar-refractivity contribution in [2.45, 2.75) is 0 Å². The molecule has 0 saturated heterocycles. The van der Waals surface area contributed by atoms with Gasteiger partial charge in [0, 0.05) is 33.5 Å². The lowest BCUT2D eigenvalue weighted by Gasteiger charge is -2.26. The van der Waals surface area contributed by atoms with Crippen molar-refractivity contribution in [3.05, 3.63) is 243 Å². The number of hydrogen-bond donors (Lipinski definition) is 0. The van der Waals surface area contributed by atoms with E-state index in [1.807, 2.05) is 0 Å². The average Bonchev–Trinajstić information content (AvgIpc) is 3.69. The summed E-state index contributed by atoms with van der Waals surface area (Å²) < 4.78 is 2.37. The van der Waals surface area contributed by atoms with Gasteiger partial charge in [-0.3, -0.25) is 0 Å². The number of hydrogen-bond acceptors (Lipinski definition) is 1. The van der Waals surface area contributed by atoms with Gasteiger partial charge in [-0.15, -0.1) is 0 Å². The summed E-state index contributed by atoms with van der Waals surface area (Å²) in [6, 6.07) is 88.4. The molecule has 12 aromatic rings. The molecule has 12 rings (SSSR count). The molecule has 0 amide bonds. The van der Waals surface area contributed by atoms with Gasteiger partial charge in [-0.25, -0.2) is 0 Å². The smallest absolute Gasteiger partial charge is 0.0541 e. The van der Waals surface area contributed by atoms with Gasteiger partial charge in [0.05, 0.1) is 11.0 Å². The predicted octanol–water partition coefficient (Wildman–Crippen LogP) is 16.7. The Hall–Kier alpha value is -8.20. The standard InChI is InChI=1S/C60H40N2/c1-3-15-51-43(12-1)14-11-21-52(51)44-28-36-48(37-29-44)61(49-38-30-45(31-39-49)58-40-46-13-2-4-16-53(46)54-17-5-6-18-55(54)58)47-32-24-41(25-33-47)42-26-34-50(35-27-42)62-59-22-9-7-19-56(59)57-20-8-10-23-60(57)62/h1-40H. The Kier molecular flexibility index (Phi) is 8.53. The number of rotatable bonds is 7. The Morgan fingerprint density at radius 2 is 0.677 bits per heavy atom. The molecule has 0 spiro atoms. The first-order valence-corrected chi connectivity index (χ1v) is 21.3. The zero-order valence-electron chi connectivity index (χ0n) is 34.0. The summed E-state index contributed by atoms with van der Waals surface area (Å²) in [7, 11) is 0. The Bertz CT molecular complexity index is 3540. The SMILES string of the molecule is c1ccc2c(-c3ccc(N(c4ccc(-c5ccc(-n6c7ccccc7c7ccccc76)cc5)cc4)c4ccc(-c5cc6ccccc6c6ccccc56)cc4)cc3)cccc2c1. The summed E-state index contributed by atoms with van der Waals surface area (Å²) in [5, 5.41) is 10.1. The van der Waals surface area contributed by atoms with Crippen molar-refractivity contribution in [2.24, 2.45) is 0 Å². The molecule has 0 aliphatic rings. The van der Waals surface area contributed by atoms with Gasteiger partial charge >= 0.3 is 0 Å². The van der Waals surface area contributed by atoms with Gasteiger partial charge in [0.2, 0.25) is 0 Å². The molecule has 0 aliphatic heterocycles. The van der Waals surface area contributed by atoms with Crippen LogP contribution in [0.25, 0.3) is 93.2 Å². The minimum absolute atomic E-state index is 1.09. The first kappa shape index (κ1) is 35.7. The van der Waals surface area contributed by atoms with E-state index in [9.17, 15) is 0 Å². The predicted molar refractivity (Wildman–Crippen MR) is 264 cm³/mol. The third kappa shape index (κ3) is 6.04. The van der Waals surface area contributed by atoms with E-state index in [1.165, 1.54) is 87.5 Å². The van der Waals surface area contributed by atoms with E-state index in [4.69, 9.17) is 0 Å². The molecule has 0 bridgehead atoms. The van der Waals surface area contributed by atoms with Crippen LogP contribution in [0.3, 0.4) is 0 Å². The van der Waals surface area contributed by atoms with Gasteiger partial charge in [-0.1, -0.05) is 176 Å². The lowest BCUT2D eigenvalue weighted by atomic mass is 9.93. The molecule has 2 heteroatoms. The number of nitrogens with zero attached hydrogens (tertiary/aromatic N) is 2. The van der Waals surface area contributed by atoms with E-state index in [0.717, 1.165) is 22.7 Å². The van der Waals surface area contributed by atoms with Crippen LogP contribution in [0, 0.1) is 0 Å². The number of aromatic nitrogens is 1. The van der Waals surface area contributed by atoms with Gasteiger partial charge in [-0.05, 0) is 132 Å². The summed E-state index contributed by atoms with van der Waals surface area (Å²) in [5.41, 5.74) is 14.1. The summed E-state index contributed by atoms with van der Waals surface area (Å²) in [4.78, 5) is 2.37. The first-order chi connectivity index (χ1) is 30.7. The number of fused-ring (bicyclic) bond motifs is 7. The van der Waals surface area contributed by atoms with Crippen molar-refractivity contribution in [3.8, 4) is 39.1 Å². The summed E-state index contributed by atoms with van der Waals surface area (Å²) >= 11 is 0. The first-order valence-electron chi connectivity index (χ1n) is 21.3. The molecule has 0 aliphatic carbocycles. The van der Waals surface area contributed by atoms with Crippen molar-refractivity contribution in [1.82, 2.24) is 4.57 Å². The van der Waals surface area contributed by atoms with Crippen LogP contribution in [0.5, 0.6) is 0 Å². The Morgan fingerprint density at radius 3 is 1.27 bits per heavy atom. The normalized spacial score (nSPS) is 11.5. The molecule has 1 heterocycles. The highest BCUT2D eigenvalue weighted by molar-refractivity contribution is 6.14. The van der Waals surface area contributed by atoms with Crippen LogP contribution in [0.4, 0.5) is 17.1 Å². The number of anilines is 3. The molecule has 0 saturated carbocycles. The van der Waals surface area contributed by atoms with Crippen molar-refractivity contribution >= 4 is 71.2 Å². The highest BCUT2D eigenvalue weighted by Gasteiger charge is 2.16. The maximum absolute atomic E-state index is 2.37. The van der Waals surface area contributed by atoms with Crippen LogP contribution in [-0.4, -0.2) is 4.57 Å². The third-order valence-electron chi connectivity index (χ3n) is 12.6. The van der Waals surface area contributed by atoms with Crippen LogP contribution in [0.15, 0.2) is 243 Å². The van der Waals surface area contributed by atoms with Gasteiger partial charge in [0.25, 0.3) is 0 Å². The van der Waals surface area contributed by atoms with Gasteiger partial charge in [-0.2, -0.15) is 0 Å². The summed E-state index contributed by atoms with van der Waals surface area (Å²) in [5.74, 6) is 0. The van der Waals surface area contributed by atoms with Gasteiger partial charge < -0.3 is 9.47 Å². The largest absolute Gasteiger partial charge is 0.311 e. The monoisotopic (exact) mass is 788 g/mol. The van der Waals surface area contributed by atoms with Crippen molar-refractivity contribution < 1.29 is 0 Å². The average molecular weight is 789 g/mol. The number of para-hydroxylation sites is 2. The van der Waals surface area contributed by atoms with Crippen molar-refractivity contribution in [3.63, 3.8) is 0 Å². The maximum atomic E-state index is 2.37. The maximum Gasteiger partial charge on any atom is 0.0541 e. The molecule has 0 radical (unpaired) electrons. The molecule has 11 aromatic carbocycles. The molecule has 0 fully saturated rings. The highest BCUT2D eigenvalue weighted by atomic mass is 15.1. The fourth-order valence-electron chi connectivity index (χ4n) is 9.60. The van der Waals surface area contributed by atoms with Gasteiger partial charge in [0.1, 0.15) is 0 Å². The van der Waals surface area contributed by atoms with E-state index >= 15 is 0 Å². The van der Waals surface area contributed by atoms with Crippen LogP contribution in [0.1, 0.15) is 0 Å². The van der Waals surface area contributed by atoms with E-state index in [2.05, 4.69) is 252 Å². The molecule has 2 nitrogen and oxygen atoms in total. The Balaban J connectivity index is 0.919. The molecular formula is C60H40N2. The molecule has 1 aromatic heterocycles. The van der Waals surface area contributed by atoms with E-state index < -0.39 is 0 Å². The Morgan fingerprint density at radius 1 is 0.258 bits per heavy atom. The van der Waals surface area contributed by atoms with E-state index in [1.54, 1.807) is 0 Å². The number of benzene rings is 11. The third-order valence-corrected chi connectivity index (χ3v) is 12.6. The fourth-order valence-corrected chi connectivity index (χ4v) is 9.60. The topological polar surface area (TPSA) is 8.17 Å². The Labute approximate surface area is 360 Å². The molecule has 62 heavy (non-hydrogen) atoms. The molecule has 0 N–H and O–H groups in total. The summed E-state index contributed by atoms with van der Waals surface area (Å²) in [6.07, 6.45) is 0. The van der Waals surface area contributed by atoms with Crippen LogP contribution in [0.2, 0.25) is 0 Å². The second-order valence-corrected chi connectivity index (χ2v) is 16.1. The lowest BCUT2D eigenvalue weighted by molar-refractivity contribution is 1.18. The molecule has 0 unspecified atom stereocenters.